The lowest BCUT2D eigenvalue weighted by molar-refractivity contribution is 0.508. The number of nitrogens with zero attached hydrogens (tertiary/aromatic N) is 3. The minimum atomic E-state index is -0.00538. The summed E-state index contributed by atoms with van der Waals surface area (Å²) in [6, 6.07) is 0. The summed E-state index contributed by atoms with van der Waals surface area (Å²) in [6.45, 7) is 9.73. The van der Waals surface area contributed by atoms with Crippen LogP contribution in [0.1, 0.15) is 27.2 Å². The predicted octanol–water partition coefficient (Wildman–Crippen LogP) is 1.34. The van der Waals surface area contributed by atoms with E-state index in [1.807, 2.05) is 11.9 Å². The molecule has 0 amide bonds. The van der Waals surface area contributed by atoms with Crippen molar-refractivity contribution in [2.75, 3.05) is 31.6 Å². The van der Waals surface area contributed by atoms with E-state index in [0.29, 0.717) is 11.7 Å². The lowest BCUT2D eigenvalue weighted by Gasteiger charge is -2.19. The van der Waals surface area contributed by atoms with Crippen molar-refractivity contribution in [2.45, 2.75) is 33.7 Å². The van der Waals surface area contributed by atoms with E-state index in [2.05, 4.69) is 31.1 Å². The monoisotopic (exact) mass is 266 g/mol. The normalized spacial score (nSPS) is 11.0. The molecule has 0 aliphatic rings. The summed E-state index contributed by atoms with van der Waals surface area (Å²) in [5.74, 6) is 0.978. The van der Waals surface area contributed by atoms with E-state index in [1.54, 1.807) is 17.0 Å². The van der Waals surface area contributed by atoms with Crippen molar-refractivity contribution in [3.8, 4) is 0 Å². The lowest BCUT2D eigenvalue weighted by atomic mass is 10.2. The number of hydrogen-bond donors (Lipinski definition) is 1. The highest BCUT2D eigenvalue weighted by atomic mass is 16.1. The van der Waals surface area contributed by atoms with E-state index in [-0.39, 0.29) is 5.56 Å². The minimum absolute atomic E-state index is 0.00538. The number of anilines is 1. The van der Waals surface area contributed by atoms with Gasteiger partial charge >= 0.3 is 0 Å². The smallest absolute Gasteiger partial charge is 0.293 e. The van der Waals surface area contributed by atoms with Crippen LogP contribution in [0.4, 0.5) is 5.82 Å². The average molecular weight is 266 g/mol. The molecule has 0 radical (unpaired) electrons. The van der Waals surface area contributed by atoms with Gasteiger partial charge in [0.2, 0.25) is 0 Å². The molecule has 19 heavy (non-hydrogen) atoms. The molecule has 1 aromatic rings. The van der Waals surface area contributed by atoms with Crippen LogP contribution in [-0.4, -0.2) is 36.2 Å². The molecule has 1 heterocycles. The fourth-order valence-electron chi connectivity index (χ4n) is 1.89. The maximum atomic E-state index is 12.3. The minimum Gasteiger partial charge on any atom is -0.354 e. The van der Waals surface area contributed by atoms with Crippen molar-refractivity contribution in [3.05, 3.63) is 22.7 Å². The number of likely N-dealkylation sites (N-methyl/N-ethyl adjacent to an activating group) is 1. The molecule has 0 aliphatic heterocycles. The van der Waals surface area contributed by atoms with Gasteiger partial charge < -0.3 is 14.8 Å². The van der Waals surface area contributed by atoms with Crippen LogP contribution in [0.25, 0.3) is 0 Å². The van der Waals surface area contributed by atoms with E-state index in [4.69, 9.17) is 0 Å². The molecule has 0 spiro atoms. The van der Waals surface area contributed by atoms with Crippen molar-refractivity contribution < 1.29 is 0 Å². The van der Waals surface area contributed by atoms with Gasteiger partial charge in [-0.2, -0.15) is 0 Å². The second-order valence-electron chi connectivity index (χ2n) is 5.27. The molecule has 1 aromatic heterocycles. The van der Waals surface area contributed by atoms with Gasteiger partial charge in [-0.05, 0) is 18.9 Å². The Hall–Kier alpha value is -1.36. The summed E-state index contributed by atoms with van der Waals surface area (Å²) in [4.78, 5) is 18.4. The third-order valence-electron chi connectivity index (χ3n) is 2.87. The Labute approximate surface area is 115 Å². The summed E-state index contributed by atoms with van der Waals surface area (Å²) in [7, 11) is 1.91. The number of rotatable bonds is 8. The number of hydrogen-bond acceptors (Lipinski definition) is 4. The van der Waals surface area contributed by atoms with Gasteiger partial charge in [0.05, 0.1) is 0 Å². The molecule has 0 unspecified atom stereocenters. The average Bonchev–Trinajstić information content (AvgIpc) is 2.36. The molecule has 0 saturated carbocycles. The first-order chi connectivity index (χ1) is 9.06. The summed E-state index contributed by atoms with van der Waals surface area (Å²) in [5.41, 5.74) is -0.00538. The van der Waals surface area contributed by atoms with Crippen LogP contribution in [0.3, 0.4) is 0 Å². The molecular weight excluding hydrogens is 240 g/mol. The van der Waals surface area contributed by atoms with Crippen molar-refractivity contribution in [3.63, 3.8) is 0 Å². The fourth-order valence-corrected chi connectivity index (χ4v) is 1.89. The molecule has 0 fully saturated rings. The lowest BCUT2D eigenvalue weighted by Crippen LogP contribution is -2.35. The van der Waals surface area contributed by atoms with E-state index in [0.717, 1.165) is 32.6 Å². The van der Waals surface area contributed by atoms with Crippen molar-refractivity contribution in [2.24, 2.45) is 5.92 Å². The van der Waals surface area contributed by atoms with Crippen LogP contribution in [-0.2, 0) is 6.54 Å². The molecule has 0 aromatic carbocycles. The second-order valence-corrected chi connectivity index (χ2v) is 5.27. The van der Waals surface area contributed by atoms with Gasteiger partial charge in [0.15, 0.2) is 5.82 Å². The van der Waals surface area contributed by atoms with E-state index < -0.39 is 0 Å². The molecule has 1 N–H and O–H groups in total. The van der Waals surface area contributed by atoms with Crippen LogP contribution < -0.4 is 15.8 Å². The Bertz CT molecular complexity index is 428. The molecule has 1 rings (SSSR count). The zero-order valence-corrected chi connectivity index (χ0v) is 12.5. The van der Waals surface area contributed by atoms with Crippen LogP contribution in [0.15, 0.2) is 17.2 Å². The highest BCUT2D eigenvalue weighted by Gasteiger charge is 2.10. The Balaban J connectivity index is 2.69. The molecular formula is C14H26N4O. The maximum absolute atomic E-state index is 12.3. The third kappa shape index (κ3) is 5.03. The molecule has 0 bridgehead atoms. The molecule has 5 nitrogen and oxygen atoms in total. The standard InChI is InChI=1S/C14H26N4O/c1-5-6-15-7-9-17(4)13-14(19)18(10-8-16-13)11-12(2)3/h8,10,12,15H,5-7,9,11H2,1-4H3. The van der Waals surface area contributed by atoms with Crippen molar-refractivity contribution >= 4 is 5.82 Å². The fraction of sp³-hybridized carbons (Fsp3) is 0.714. The molecule has 5 heteroatoms. The first-order valence-corrected chi connectivity index (χ1v) is 7.03. The molecule has 0 saturated heterocycles. The first-order valence-electron chi connectivity index (χ1n) is 7.03. The molecule has 108 valence electrons. The Morgan fingerprint density at radius 2 is 2.16 bits per heavy atom. The number of aromatic nitrogens is 2. The summed E-state index contributed by atoms with van der Waals surface area (Å²) >= 11 is 0. The van der Waals surface area contributed by atoms with E-state index >= 15 is 0 Å². The van der Waals surface area contributed by atoms with Crippen LogP contribution >= 0.6 is 0 Å². The summed E-state index contributed by atoms with van der Waals surface area (Å²) in [6.07, 6.45) is 4.58. The van der Waals surface area contributed by atoms with Crippen LogP contribution in [0.5, 0.6) is 0 Å². The topological polar surface area (TPSA) is 50.2 Å². The Morgan fingerprint density at radius 3 is 2.79 bits per heavy atom. The van der Waals surface area contributed by atoms with Gasteiger partial charge in [-0.1, -0.05) is 20.8 Å². The van der Waals surface area contributed by atoms with Gasteiger partial charge in [0.1, 0.15) is 0 Å². The zero-order chi connectivity index (χ0) is 14.3. The zero-order valence-electron chi connectivity index (χ0n) is 12.5. The maximum Gasteiger partial charge on any atom is 0.293 e. The third-order valence-corrected chi connectivity index (χ3v) is 2.87. The van der Waals surface area contributed by atoms with Crippen molar-refractivity contribution in [1.29, 1.82) is 0 Å². The van der Waals surface area contributed by atoms with Gasteiger partial charge in [0, 0.05) is 39.1 Å². The first kappa shape index (κ1) is 15.7. The largest absolute Gasteiger partial charge is 0.354 e. The highest BCUT2D eigenvalue weighted by Crippen LogP contribution is 2.02. The van der Waals surface area contributed by atoms with Crippen LogP contribution in [0, 0.1) is 5.92 Å². The van der Waals surface area contributed by atoms with Crippen LogP contribution in [0.2, 0.25) is 0 Å². The second kappa shape index (κ2) is 7.94. The Kier molecular flexibility index (Phi) is 6.56. The molecule has 0 atom stereocenters. The van der Waals surface area contributed by atoms with E-state index in [9.17, 15) is 4.79 Å². The van der Waals surface area contributed by atoms with Gasteiger partial charge in [-0.25, -0.2) is 4.98 Å². The SMILES string of the molecule is CCCNCCN(C)c1nccn(CC(C)C)c1=O. The van der Waals surface area contributed by atoms with Crippen molar-refractivity contribution in [1.82, 2.24) is 14.9 Å². The van der Waals surface area contributed by atoms with E-state index in [1.165, 1.54) is 0 Å². The Morgan fingerprint density at radius 1 is 1.42 bits per heavy atom. The summed E-state index contributed by atoms with van der Waals surface area (Å²) < 4.78 is 1.74. The van der Waals surface area contributed by atoms with Gasteiger partial charge in [0.25, 0.3) is 5.56 Å². The summed E-state index contributed by atoms with van der Waals surface area (Å²) in [5, 5.41) is 3.32. The quantitative estimate of drug-likeness (QED) is 0.721. The van der Waals surface area contributed by atoms with Gasteiger partial charge in [-0.3, -0.25) is 4.79 Å². The van der Waals surface area contributed by atoms with Gasteiger partial charge in [-0.15, -0.1) is 0 Å². The predicted molar refractivity (Wildman–Crippen MR) is 79.8 cm³/mol. The molecule has 0 aliphatic carbocycles. The highest BCUT2D eigenvalue weighted by molar-refractivity contribution is 5.34. The number of nitrogens with one attached hydrogen (secondary N) is 1.